The number of carbonyl (C=O) groups excluding carboxylic acids is 1. The fourth-order valence-corrected chi connectivity index (χ4v) is 2.72. The predicted octanol–water partition coefficient (Wildman–Crippen LogP) is 1.37. The fourth-order valence-electron chi connectivity index (χ4n) is 2.72. The number of nitrogens with one attached hydrogen (secondary N) is 2. The zero-order valence-electron chi connectivity index (χ0n) is 11.8. The van der Waals surface area contributed by atoms with E-state index in [0.29, 0.717) is 5.56 Å². The minimum absolute atomic E-state index is 0.0675. The van der Waals surface area contributed by atoms with Crippen LogP contribution in [-0.4, -0.2) is 21.9 Å². The van der Waals surface area contributed by atoms with Crippen LogP contribution in [0.25, 0.3) is 0 Å². The lowest BCUT2D eigenvalue weighted by molar-refractivity contribution is 0.0933. The molecule has 5 heteroatoms. The Morgan fingerprint density at radius 2 is 2.24 bits per heavy atom. The van der Waals surface area contributed by atoms with Crippen molar-refractivity contribution in [2.24, 2.45) is 0 Å². The molecule has 2 aromatic rings. The van der Waals surface area contributed by atoms with Crippen LogP contribution in [0.2, 0.25) is 0 Å². The fraction of sp³-hybridized carbons (Fsp3) is 0.312. The van der Waals surface area contributed by atoms with Crippen LogP contribution in [0.4, 0.5) is 0 Å². The lowest BCUT2D eigenvalue weighted by Gasteiger charge is -2.25. The zero-order valence-corrected chi connectivity index (χ0v) is 11.8. The van der Waals surface area contributed by atoms with E-state index in [4.69, 9.17) is 0 Å². The summed E-state index contributed by atoms with van der Waals surface area (Å²) in [5.41, 5.74) is 3.58. The Morgan fingerprint density at radius 1 is 1.38 bits per heavy atom. The average Bonchev–Trinajstić information content (AvgIpc) is 2.47. The number of aromatic amines is 1. The molecule has 0 bridgehead atoms. The number of aryl methyl sites for hydroxylation is 2. The summed E-state index contributed by atoms with van der Waals surface area (Å²) in [7, 11) is 0. The molecule has 0 saturated heterocycles. The van der Waals surface area contributed by atoms with E-state index < -0.39 is 0 Å². The molecule has 3 rings (SSSR count). The highest BCUT2D eigenvalue weighted by Crippen LogP contribution is 2.18. The van der Waals surface area contributed by atoms with Gasteiger partial charge in [0.25, 0.3) is 5.91 Å². The Balaban J connectivity index is 1.71. The van der Waals surface area contributed by atoms with Gasteiger partial charge in [-0.2, -0.15) is 0 Å². The standard InChI is InChI=1S/C16H17N3O2/c1-10-6-12(9-17-8-10)16(21)18-13-3-4-14-11(7-13)2-5-15(20)19-14/h2,5-6,8-9,13H,3-4,7H2,1H3,(H,18,21)(H,19,20)/t13-/m0/s1. The van der Waals surface area contributed by atoms with Crippen molar-refractivity contribution >= 4 is 5.91 Å². The molecule has 0 fully saturated rings. The second kappa shape index (κ2) is 5.52. The minimum Gasteiger partial charge on any atom is -0.349 e. The van der Waals surface area contributed by atoms with Crippen LogP contribution in [0, 0.1) is 6.92 Å². The summed E-state index contributed by atoms with van der Waals surface area (Å²) in [4.78, 5) is 30.4. The summed E-state index contributed by atoms with van der Waals surface area (Å²) >= 11 is 0. The van der Waals surface area contributed by atoms with Crippen LogP contribution in [-0.2, 0) is 12.8 Å². The van der Waals surface area contributed by atoms with Crippen molar-refractivity contribution in [2.45, 2.75) is 32.2 Å². The third kappa shape index (κ3) is 3.02. The molecule has 5 nitrogen and oxygen atoms in total. The Labute approximate surface area is 122 Å². The van der Waals surface area contributed by atoms with Crippen LogP contribution in [0.5, 0.6) is 0 Å². The lowest BCUT2D eigenvalue weighted by Crippen LogP contribution is -2.39. The van der Waals surface area contributed by atoms with Crippen molar-refractivity contribution in [1.82, 2.24) is 15.3 Å². The Kier molecular flexibility index (Phi) is 3.56. The predicted molar refractivity (Wildman–Crippen MR) is 79.3 cm³/mol. The minimum atomic E-state index is -0.0934. The molecular weight excluding hydrogens is 266 g/mol. The Morgan fingerprint density at radius 3 is 3.05 bits per heavy atom. The van der Waals surface area contributed by atoms with Crippen molar-refractivity contribution in [3.63, 3.8) is 0 Å². The largest absolute Gasteiger partial charge is 0.349 e. The summed E-state index contributed by atoms with van der Waals surface area (Å²) in [6.45, 7) is 1.91. The van der Waals surface area contributed by atoms with E-state index >= 15 is 0 Å². The first-order chi connectivity index (χ1) is 10.1. The first kappa shape index (κ1) is 13.5. The topological polar surface area (TPSA) is 74.8 Å². The smallest absolute Gasteiger partial charge is 0.253 e. The van der Waals surface area contributed by atoms with Crippen LogP contribution in [0.1, 0.15) is 33.6 Å². The Bertz CT molecular complexity index is 736. The number of nitrogens with zero attached hydrogens (tertiary/aromatic N) is 1. The van der Waals surface area contributed by atoms with E-state index in [1.807, 2.05) is 19.1 Å². The first-order valence-electron chi connectivity index (χ1n) is 7.05. The van der Waals surface area contributed by atoms with Gasteiger partial charge >= 0.3 is 0 Å². The number of aromatic nitrogens is 2. The Hall–Kier alpha value is -2.43. The maximum Gasteiger partial charge on any atom is 0.253 e. The van der Waals surface area contributed by atoms with Crippen molar-refractivity contribution in [2.75, 3.05) is 0 Å². The van der Waals surface area contributed by atoms with Gasteiger partial charge in [-0.25, -0.2) is 0 Å². The molecule has 0 radical (unpaired) electrons. The molecule has 21 heavy (non-hydrogen) atoms. The van der Waals surface area contributed by atoms with Crippen LogP contribution < -0.4 is 10.9 Å². The summed E-state index contributed by atoms with van der Waals surface area (Å²) in [6, 6.07) is 5.31. The molecule has 1 aliphatic carbocycles. The average molecular weight is 283 g/mol. The number of amides is 1. The molecule has 1 atom stereocenters. The molecule has 0 aliphatic heterocycles. The van der Waals surface area contributed by atoms with Gasteiger partial charge in [0.15, 0.2) is 0 Å². The van der Waals surface area contributed by atoms with Gasteiger partial charge < -0.3 is 10.3 Å². The van der Waals surface area contributed by atoms with Gasteiger partial charge in [-0.15, -0.1) is 0 Å². The highest BCUT2D eigenvalue weighted by molar-refractivity contribution is 5.94. The summed E-state index contributed by atoms with van der Waals surface area (Å²) < 4.78 is 0. The van der Waals surface area contributed by atoms with Gasteiger partial charge in [-0.1, -0.05) is 6.07 Å². The van der Waals surface area contributed by atoms with Gasteiger partial charge in [0.2, 0.25) is 5.56 Å². The molecule has 2 heterocycles. The molecule has 2 N–H and O–H groups in total. The number of rotatable bonds is 2. The molecule has 0 saturated carbocycles. The number of pyridine rings is 2. The van der Waals surface area contributed by atoms with E-state index in [1.54, 1.807) is 12.4 Å². The van der Waals surface area contributed by atoms with Gasteiger partial charge in [0.05, 0.1) is 5.56 Å². The summed E-state index contributed by atoms with van der Waals surface area (Å²) in [5, 5.41) is 3.05. The van der Waals surface area contributed by atoms with Crippen molar-refractivity contribution < 1.29 is 4.79 Å². The third-order valence-electron chi connectivity index (χ3n) is 3.78. The maximum absolute atomic E-state index is 12.2. The van der Waals surface area contributed by atoms with Crippen molar-refractivity contribution in [3.05, 3.63) is 63.3 Å². The highest BCUT2D eigenvalue weighted by atomic mass is 16.1. The third-order valence-corrected chi connectivity index (χ3v) is 3.78. The van der Waals surface area contributed by atoms with E-state index in [9.17, 15) is 9.59 Å². The van der Waals surface area contributed by atoms with Crippen LogP contribution in [0.3, 0.4) is 0 Å². The normalized spacial score (nSPS) is 17.1. The molecule has 108 valence electrons. The zero-order chi connectivity index (χ0) is 14.8. The second-order valence-corrected chi connectivity index (χ2v) is 5.49. The first-order valence-corrected chi connectivity index (χ1v) is 7.05. The second-order valence-electron chi connectivity index (χ2n) is 5.49. The molecule has 1 aliphatic rings. The number of carbonyl (C=O) groups is 1. The number of hydrogen-bond donors (Lipinski definition) is 2. The monoisotopic (exact) mass is 283 g/mol. The molecule has 1 amide bonds. The van der Waals surface area contributed by atoms with Crippen molar-refractivity contribution in [1.29, 1.82) is 0 Å². The molecule has 2 aromatic heterocycles. The molecular formula is C16H17N3O2. The number of fused-ring (bicyclic) bond motifs is 1. The SMILES string of the molecule is Cc1cncc(C(=O)N[C@H]2CCc3[nH]c(=O)ccc3C2)c1. The van der Waals surface area contributed by atoms with Gasteiger partial charge in [-0.05, 0) is 43.4 Å². The quantitative estimate of drug-likeness (QED) is 0.874. The van der Waals surface area contributed by atoms with E-state index in [1.165, 1.54) is 6.07 Å². The highest BCUT2D eigenvalue weighted by Gasteiger charge is 2.21. The van der Waals surface area contributed by atoms with Gasteiger partial charge in [-0.3, -0.25) is 14.6 Å². The summed E-state index contributed by atoms with van der Waals surface area (Å²) in [6.07, 6.45) is 5.66. The van der Waals surface area contributed by atoms with Crippen LogP contribution in [0.15, 0.2) is 35.4 Å². The van der Waals surface area contributed by atoms with E-state index in [-0.39, 0.29) is 17.5 Å². The van der Waals surface area contributed by atoms with Crippen LogP contribution >= 0.6 is 0 Å². The van der Waals surface area contributed by atoms with Gasteiger partial charge in [0.1, 0.15) is 0 Å². The number of H-pyrrole nitrogens is 1. The van der Waals surface area contributed by atoms with E-state index in [2.05, 4.69) is 15.3 Å². The van der Waals surface area contributed by atoms with Crippen molar-refractivity contribution in [3.8, 4) is 0 Å². The molecule has 0 unspecified atom stereocenters. The molecule has 0 aromatic carbocycles. The lowest BCUT2D eigenvalue weighted by atomic mass is 9.91. The van der Waals surface area contributed by atoms with E-state index in [0.717, 1.165) is 36.1 Å². The summed E-state index contributed by atoms with van der Waals surface area (Å²) in [5.74, 6) is -0.0934. The maximum atomic E-state index is 12.2. The number of hydrogen-bond acceptors (Lipinski definition) is 3. The molecule has 0 spiro atoms. The van der Waals surface area contributed by atoms with Gasteiger partial charge in [0, 0.05) is 30.2 Å².